The van der Waals surface area contributed by atoms with E-state index in [-0.39, 0.29) is 5.54 Å². The summed E-state index contributed by atoms with van der Waals surface area (Å²) in [6.45, 7) is 5.34. The number of ether oxygens (including phenoxy) is 1. The lowest BCUT2D eigenvalue weighted by molar-refractivity contribution is -0.0595. The number of aliphatic hydroxyl groups is 1. The van der Waals surface area contributed by atoms with Crippen LogP contribution in [0.25, 0.3) is 0 Å². The lowest BCUT2D eigenvalue weighted by Crippen LogP contribution is -2.55. The molecule has 2 rings (SSSR count). The zero-order chi connectivity index (χ0) is 10.0. The van der Waals surface area contributed by atoms with E-state index in [9.17, 15) is 5.11 Å². The Hall–Kier alpha value is -0.120. The highest BCUT2D eigenvalue weighted by atomic mass is 16.5. The fraction of sp³-hybridized carbons (Fsp3) is 1.00. The Kier molecular flexibility index (Phi) is 3.10. The van der Waals surface area contributed by atoms with Crippen molar-refractivity contribution in [1.82, 2.24) is 4.90 Å². The highest BCUT2D eigenvalue weighted by Crippen LogP contribution is 2.33. The minimum Gasteiger partial charge on any atom is -0.394 e. The summed E-state index contributed by atoms with van der Waals surface area (Å²) in [7, 11) is 0. The van der Waals surface area contributed by atoms with Crippen molar-refractivity contribution < 1.29 is 9.84 Å². The third-order valence-electron chi connectivity index (χ3n) is 3.88. The number of likely N-dealkylation sites (tertiary alicyclic amines) is 1. The average Bonchev–Trinajstić information content (AvgIpc) is 2.66. The molecule has 2 heterocycles. The van der Waals surface area contributed by atoms with Gasteiger partial charge in [-0.15, -0.1) is 0 Å². The summed E-state index contributed by atoms with van der Waals surface area (Å²) in [5.41, 5.74) is 0.0359. The molecule has 2 saturated heterocycles. The van der Waals surface area contributed by atoms with Gasteiger partial charge < -0.3 is 9.84 Å². The van der Waals surface area contributed by atoms with Crippen LogP contribution in [0.15, 0.2) is 0 Å². The fourth-order valence-electron chi connectivity index (χ4n) is 2.93. The van der Waals surface area contributed by atoms with Crippen molar-refractivity contribution in [3.63, 3.8) is 0 Å². The first-order chi connectivity index (χ1) is 6.78. The number of aliphatic hydroxyl groups excluding tert-OH is 1. The van der Waals surface area contributed by atoms with Gasteiger partial charge in [0, 0.05) is 24.8 Å². The van der Waals surface area contributed by atoms with Gasteiger partial charge >= 0.3 is 0 Å². The molecule has 0 aromatic carbocycles. The Labute approximate surface area is 86.0 Å². The molecule has 1 atom stereocenters. The van der Waals surface area contributed by atoms with E-state index in [2.05, 4.69) is 11.8 Å². The number of hydrogen-bond donors (Lipinski definition) is 1. The van der Waals surface area contributed by atoms with Gasteiger partial charge in [-0.25, -0.2) is 0 Å². The molecule has 0 aromatic rings. The van der Waals surface area contributed by atoms with Gasteiger partial charge in [0.25, 0.3) is 0 Å². The average molecular weight is 199 g/mol. The molecule has 2 fully saturated rings. The fourth-order valence-corrected chi connectivity index (χ4v) is 2.93. The zero-order valence-corrected chi connectivity index (χ0v) is 9.04. The van der Waals surface area contributed by atoms with Crippen LogP contribution in [-0.4, -0.2) is 48.0 Å². The molecule has 82 valence electrons. The molecule has 0 bridgehead atoms. The maximum absolute atomic E-state index is 9.62. The summed E-state index contributed by atoms with van der Waals surface area (Å²) in [5.74, 6) is 0. The smallest absolute Gasteiger partial charge is 0.0617 e. The van der Waals surface area contributed by atoms with E-state index in [1.165, 1.54) is 12.8 Å². The summed E-state index contributed by atoms with van der Waals surface area (Å²) < 4.78 is 5.38. The second-order valence-corrected chi connectivity index (χ2v) is 4.68. The lowest BCUT2D eigenvalue weighted by atomic mass is 9.88. The molecule has 2 aliphatic rings. The molecule has 1 N–H and O–H groups in total. The first-order valence-corrected chi connectivity index (χ1v) is 5.74. The van der Waals surface area contributed by atoms with Crippen molar-refractivity contribution >= 4 is 0 Å². The van der Waals surface area contributed by atoms with Crippen molar-refractivity contribution in [2.75, 3.05) is 26.4 Å². The van der Waals surface area contributed by atoms with Crippen LogP contribution in [0.3, 0.4) is 0 Å². The number of hydrogen-bond acceptors (Lipinski definition) is 3. The van der Waals surface area contributed by atoms with Crippen LogP contribution in [0.1, 0.15) is 32.6 Å². The third-order valence-corrected chi connectivity index (χ3v) is 3.88. The maximum Gasteiger partial charge on any atom is 0.0617 e. The number of nitrogens with zero attached hydrogens (tertiary/aromatic N) is 1. The molecular weight excluding hydrogens is 178 g/mol. The standard InChI is InChI=1S/C11H21NO2/c1-10-3-2-6-12(10)11(9-13)4-7-14-8-5-11/h10,13H,2-9H2,1H3. The molecular formula is C11H21NO2. The van der Waals surface area contributed by atoms with E-state index in [4.69, 9.17) is 4.74 Å². The van der Waals surface area contributed by atoms with Gasteiger partial charge in [0.2, 0.25) is 0 Å². The van der Waals surface area contributed by atoms with Crippen molar-refractivity contribution in [2.45, 2.75) is 44.2 Å². The van der Waals surface area contributed by atoms with E-state index < -0.39 is 0 Å². The van der Waals surface area contributed by atoms with E-state index in [1.54, 1.807) is 0 Å². The van der Waals surface area contributed by atoms with E-state index >= 15 is 0 Å². The molecule has 0 amide bonds. The molecule has 3 heteroatoms. The van der Waals surface area contributed by atoms with Crippen LogP contribution in [0, 0.1) is 0 Å². The Balaban J connectivity index is 2.09. The molecule has 0 aliphatic carbocycles. The van der Waals surface area contributed by atoms with Gasteiger partial charge in [0.15, 0.2) is 0 Å². The summed E-state index contributed by atoms with van der Waals surface area (Å²) in [5, 5.41) is 9.62. The predicted octanol–water partition coefficient (Wildman–Crippen LogP) is 1.01. The third kappa shape index (κ3) is 1.69. The van der Waals surface area contributed by atoms with Crippen LogP contribution in [0.4, 0.5) is 0 Å². The normalized spacial score (nSPS) is 33.4. The highest BCUT2D eigenvalue weighted by Gasteiger charge is 2.41. The summed E-state index contributed by atoms with van der Waals surface area (Å²) in [6, 6.07) is 0.639. The molecule has 2 aliphatic heterocycles. The second kappa shape index (κ2) is 4.17. The molecule has 0 saturated carbocycles. The van der Waals surface area contributed by atoms with Crippen LogP contribution in [0.2, 0.25) is 0 Å². The van der Waals surface area contributed by atoms with E-state index in [0.717, 1.165) is 32.6 Å². The first kappa shape index (κ1) is 10.4. The zero-order valence-electron chi connectivity index (χ0n) is 9.04. The first-order valence-electron chi connectivity index (χ1n) is 5.74. The van der Waals surface area contributed by atoms with E-state index in [1.807, 2.05) is 0 Å². The Morgan fingerprint density at radius 1 is 1.43 bits per heavy atom. The van der Waals surface area contributed by atoms with Crippen LogP contribution < -0.4 is 0 Å². The largest absolute Gasteiger partial charge is 0.394 e. The van der Waals surface area contributed by atoms with Gasteiger partial charge in [-0.05, 0) is 39.2 Å². The summed E-state index contributed by atoms with van der Waals surface area (Å²) in [6.07, 6.45) is 4.55. The van der Waals surface area contributed by atoms with E-state index in [0.29, 0.717) is 12.6 Å². The molecule has 3 nitrogen and oxygen atoms in total. The predicted molar refractivity (Wildman–Crippen MR) is 55.3 cm³/mol. The minimum absolute atomic E-state index is 0.0359. The van der Waals surface area contributed by atoms with Gasteiger partial charge in [-0.1, -0.05) is 0 Å². The molecule has 14 heavy (non-hydrogen) atoms. The monoisotopic (exact) mass is 199 g/mol. The molecule has 0 aromatic heterocycles. The quantitative estimate of drug-likeness (QED) is 0.720. The van der Waals surface area contributed by atoms with Gasteiger partial charge in [0.1, 0.15) is 0 Å². The lowest BCUT2D eigenvalue weighted by Gasteiger charge is -2.45. The number of rotatable bonds is 2. The second-order valence-electron chi connectivity index (χ2n) is 4.68. The van der Waals surface area contributed by atoms with Gasteiger partial charge in [0.05, 0.1) is 6.61 Å². The Morgan fingerprint density at radius 2 is 2.14 bits per heavy atom. The summed E-state index contributed by atoms with van der Waals surface area (Å²) >= 11 is 0. The highest BCUT2D eigenvalue weighted by molar-refractivity contribution is 4.96. The van der Waals surface area contributed by atoms with Crippen LogP contribution >= 0.6 is 0 Å². The topological polar surface area (TPSA) is 32.7 Å². The van der Waals surface area contributed by atoms with Crippen molar-refractivity contribution in [1.29, 1.82) is 0 Å². The summed E-state index contributed by atoms with van der Waals surface area (Å²) in [4.78, 5) is 2.51. The Bertz CT molecular complexity index is 190. The van der Waals surface area contributed by atoms with Gasteiger partial charge in [-0.2, -0.15) is 0 Å². The molecule has 0 spiro atoms. The van der Waals surface area contributed by atoms with Crippen molar-refractivity contribution in [2.24, 2.45) is 0 Å². The van der Waals surface area contributed by atoms with Crippen LogP contribution in [-0.2, 0) is 4.74 Å². The van der Waals surface area contributed by atoms with Crippen LogP contribution in [0.5, 0.6) is 0 Å². The Morgan fingerprint density at radius 3 is 2.64 bits per heavy atom. The SMILES string of the molecule is CC1CCCN1C1(CO)CCOCC1. The molecule has 0 radical (unpaired) electrons. The minimum atomic E-state index is 0.0359. The maximum atomic E-state index is 9.62. The van der Waals surface area contributed by atoms with Crippen molar-refractivity contribution in [3.8, 4) is 0 Å². The van der Waals surface area contributed by atoms with Gasteiger partial charge in [-0.3, -0.25) is 4.90 Å². The molecule has 1 unspecified atom stereocenters. The van der Waals surface area contributed by atoms with Crippen molar-refractivity contribution in [3.05, 3.63) is 0 Å².